The van der Waals surface area contributed by atoms with Gasteiger partial charge < -0.3 is 5.21 Å². The van der Waals surface area contributed by atoms with E-state index in [1.165, 1.54) is 0 Å². The molecule has 0 aliphatic carbocycles. The van der Waals surface area contributed by atoms with Gasteiger partial charge >= 0.3 is 0 Å². The maximum atomic E-state index is 12.7. The summed E-state index contributed by atoms with van der Waals surface area (Å²) in [7, 11) is 0. The fourth-order valence-corrected chi connectivity index (χ4v) is 3.08. The number of rotatable bonds is 1. The highest BCUT2D eigenvalue weighted by atomic mass is 16.5. The molecule has 3 heteroatoms. The first kappa shape index (κ1) is 13.7. The number of carbonyl (C=O) groups is 1. The second-order valence-corrected chi connectivity index (χ2v) is 5.99. The van der Waals surface area contributed by atoms with Crippen LogP contribution in [0.3, 0.4) is 0 Å². The van der Waals surface area contributed by atoms with E-state index in [1.54, 1.807) is 6.07 Å². The Bertz CT molecular complexity index is 1020. The third-order valence-corrected chi connectivity index (χ3v) is 4.52. The van der Waals surface area contributed by atoms with Crippen LogP contribution in [0.2, 0.25) is 0 Å². The molecular weight excluding hydrogens is 286 g/mol. The number of ketones is 1. The van der Waals surface area contributed by atoms with Crippen molar-refractivity contribution in [2.45, 2.75) is 13.8 Å². The number of nitrogens with zero attached hydrogens (tertiary/aromatic N) is 1. The molecule has 0 bridgehead atoms. The molecule has 0 atom stereocenters. The average Bonchev–Trinajstić information content (AvgIpc) is 2.79. The minimum Gasteiger partial charge on any atom is -0.618 e. The lowest BCUT2D eigenvalue weighted by atomic mass is 9.98. The Morgan fingerprint density at radius 1 is 0.870 bits per heavy atom. The van der Waals surface area contributed by atoms with Crippen LogP contribution in [0.25, 0.3) is 10.8 Å². The lowest BCUT2D eigenvalue weighted by Crippen LogP contribution is -2.16. The Kier molecular flexibility index (Phi) is 2.85. The number of hydrogen-bond acceptors (Lipinski definition) is 2. The molecule has 0 aromatic heterocycles. The Hall–Kier alpha value is -2.94. The molecule has 1 aliphatic heterocycles. The molecule has 0 spiro atoms. The molecule has 23 heavy (non-hydrogen) atoms. The van der Waals surface area contributed by atoms with E-state index < -0.39 is 0 Å². The van der Waals surface area contributed by atoms with E-state index in [2.05, 4.69) is 0 Å². The smallest absolute Gasteiger partial charge is 0.272 e. The largest absolute Gasteiger partial charge is 0.618 e. The van der Waals surface area contributed by atoms with Gasteiger partial charge in [0.05, 0.1) is 5.56 Å². The first-order valence-corrected chi connectivity index (χ1v) is 7.55. The van der Waals surface area contributed by atoms with E-state index in [0.29, 0.717) is 16.8 Å². The van der Waals surface area contributed by atoms with Gasteiger partial charge in [-0.25, -0.2) is 0 Å². The van der Waals surface area contributed by atoms with Gasteiger partial charge in [0.15, 0.2) is 0 Å². The number of carbonyl (C=O) groups excluding carboxylic acids is 1. The van der Waals surface area contributed by atoms with Gasteiger partial charge in [0.1, 0.15) is 5.56 Å². The Labute approximate surface area is 134 Å². The summed E-state index contributed by atoms with van der Waals surface area (Å²) in [6.07, 6.45) is 0. The SMILES string of the molecule is Cc1cc2c(cc1C)[N+]([O-])=C(c1ccc3ccccc3c1)C2=O. The summed E-state index contributed by atoms with van der Waals surface area (Å²) >= 11 is 0. The van der Waals surface area contributed by atoms with Crippen molar-refractivity contribution in [1.82, 2.24) is 0 Å². The Morgan fingerprint density at radius 2 is 1.57 bits per heavy atom. The van der Waals surface area contributed by atoms with Crippen molar-refractivity contribution in [3.63, 3.8) is 0 Å². The van der Waals surface area contributed by atoms with E-state index in [1.807, 2.05) is 62.4 Å². The lowest BCUT2D eigenvalue weighted by molar-refractivity contribution is -0.355. The maximum Gasteiger partial charge on any atom is 0.272 e. The van der Waals surface area contributed by atoms with Gasteiger partial charge in [-0.1, -0.05) is 30.3 Å². The fourth-order valence-electron chi connectivity index (χ4n) is 3.08. The van der Waals surface area contributed by atoms with Crippen molar-refractivity contribution in [3.8, 4) is 0 Å². The minimum absolute atomic E-state index is 0.201. The van der Waals surface area contributed by atoms with Crippen LogP contribution in [0.4, 0.5) is 5.69 Å². The van der Waals surface area contributed by atoms with Crippen LogP contribution in [0.15, 0.2) is 54.6 Å². The van der Waals surface area contributed by atoms with Crippen molar-refractivity contribution < 1.29 is 9.53 Å². The third-order valence-electron chi connectivity index (χ3n) is 4.52. The van der Waals surface area contributed by atoms with Crippen molar-refractivity contribution in [3.05, 3.63) is 82.1 Å². The molecule has 3 nitrogen and oxygen atoms in total. The van der Waals surface area contributed by atoms with Crippen molar-refractivity contribution in [1.29, 1.82) is 0 Å². The zero-order chi connectivity index (χ0) is 16.1. The molecule has 0 fully saturated rings. The number of aryl methyl sites for hydroxylation is 2. The van der Waals surface area contributed by atoms with E-state index >= 15 is 0 Å². The predicted octanol–water partition coefficient (Wildman–Crippen LogP) is 4.28. The number of hydrogen-bond donors (Lipinski definition) is 0. The number of benzene rings is 3. The molecule has 1 heterocycles. The highest BCUT2D eigenvalue weighted by molar-refractivity contribution is 6.52. The summed E-state index contributed by atoms with van der Waals surface area (Å²) in [6.45, 7) is 3.90. The third kappa shape index (κ3) is 1.97. The molecule has 0 saturated carbocycles. The van der Waals surface area contributed by atoms with Gasteiger partial charge in [-0.3, -0.25) is 4.79 Å². The molecule has 4 rings (SSSR count). The van der Waals surface area contributed by atoms with E-state index in [-0.39, 0.29) is 11.5 Å². The second kappa shape index (κ2) is 4.78. The topological polar surface area (TPSA) is 43.1 Å². The lowest BCUT2D eigenvalue weighted by Gasteiger charge is -2.04. The maximum absolute atomic E-state index is 12.7. The standard InChI is InChI=1S/C20H15NO2/c1-12-9-17-18(10-13(12)2)21(23)19(20(17)22)16-8-7-14-5-3-4-6-15(14)11-16/h3-11H,1-2H3. The monoisotopic (exact) mass is 301 g/mol. The molecule has 0 unspecified atom stereocenters. The van der Waals surface area contributed by atoms with Crippen LogP contribution < -0.4 is 0 Å². The van der Waals surface area contributed by atoms with Crippen molar-refractivity contribution in [2.75, 3.05) is 0 Å². The van der Waals surface area contributed by atoms with Crippen LogP contribution in [0.5, 0.6) is 0 Å². The Balaban J connectivity index is 1.92. The van der Waals surface area contributed by atoms with Gasteiger partial charge in [-0.15, -0.1) is 0 Å². The number of fused-ring (bicyclic) bond motifs is 2. The molecule has 3 aromatic rings. The molecule has 1 aliphatic rings. The van der Waals surface area contributed by atoms with E-state index in [0.717, 1.165) is 26.6 Å². The molecule has 0 radical (unpaired) electrons. The highest BCUT2D eigenvalue weighted by Gasteiger charge is 2.37. The zero-order valence-electron chi connectivity index (χ0n) is 13.0. The van der Waals surface area contributed by atoms with Crippen LogP contribution in [0, 0.1) is 19.1 Å². The van der Waals surface area contributed by atoms with Crippen LogP contribution >= 0.6 is 0 Å². The second-order valence-electron chi connectivity index (χ2n) is 5.99. The van der Waals surface area contributed by atoms with E-state index in [4.69, 9.17) is 0 Å². The average molecular weight is 301 g/mol. The molecule has 3 aromatic carbocycles. The first-order valence-electron chi connectivity index (χ1n) is 7.55. The molecule has 112 valence electrons. The van der Waals surface area contributed by atoms with Gasteiger partial charge in [0.2, 0.25) is 5.69 Å². The summed E-state index contributed by atoms with van der Waals surface area (Å²) in [4.78, 5) is 12.7. The number of Topliss-reactive ketones (excluding diaryl/α,β-unsaturated/α-hetero) is 1. The first-order chi connectivity index (χ1) is 11.1. The summed E-state index contributed by atoms with van der Waals surface area (Å²) in [5, 5.41) is 14.8. The fraction of sp³-hybridized carbons (Fsp3) is 0.100. The summed E-state index contributed by atoms with van der Waals surface area (Å²) < 4.78 is 0.772. The normalized spacial score (nSPS) is 13.7. The molecule has 0 N–H and O–H groups in total. The van der Waals surface area contributed by atoms with Crippen LogP contribution in [-0.4, -0.2) is 16.2 Å². The van der Waals surface area contributed by atoms with Crippen LogP contribution in [0.1, 0.15) is 27.0 Å². The van der Waals surface area contributed by atoms with E-state index in [9.17, 15) is 10.0 Å². The van der Waals surface area contributed by atoms with Crippen molar-refractivity contribution in [2.24, 2.45) is 0 Å². The van der Waals surface area contributed by atoms with Gasteiger partial charge in [-0.05, 0) is 53.9 Å². The quantitative estimate of drug-likeness (QED) is 0.497. The van der Waals surface area contributed by atoms with Crippen molar-refractivity contribution >= 4 is 28.0 Å². The molecular formula is C20H15NO2. The zero-order valence-corrected chi connectivity index (χ0v) is 13.0. The molecule has 0 amide bonds. The summed E-state index contributed by atoms with van der Waals surface area (Å²) in [5.41, 5.74) is 3.83. The Morgan fingerprint density at radius 3 is 2.35 bits per heavy atom. The molecule has 0 saturated heterocycles. The minimum atomic E-state index is -0.201. The van der Waals surface area contributed by atoms with Crippen LogP contribution in [-0.2, 0) is 0 Å². The van der Waals surface area contributed by atoms with Gasteiger partial charge in [0, 0.05) is 6.07 Å². The summed E-state index contributed by atoms with van der Waals surface area (Å²) in [6, 6.07) is 17.2. The van der Waals surface area contributed by atoms with Gasteiger partial charge in [0.25, 0.3) is 11.5 Å². The predicted molar refractivity (Wildman–Crippen MR) is 91.6 cm³/mol. The highest BCUT2D eigenvalue weighted by Crippen LogP contribution is 2.31. The summed E-state index contributed by atoms with van der Waals surface area (Å²) in [5.74, 6) is -0.201. The van der Waals surface area contributed by atoms with Gasteiger partial charge in [-0.2, -0.15) is 4.74 Å².